The smallest absolute Gasteiger partial charge is 0.223 e. The summed E-state index contributed by atoms with van der Waals surface area (Å²) in [6.07, 6.45) is 0.870. The average molecular weight is 381 g/mol. The van der Waals surface area contributed by atoms with Crippen LogP contribution in [0.1, 0.15) is 42.9 Å². The van der Waals surface area contributed by atoms with E-state index >= 15 is 0 Å². The summed E-state index contributed by atoms with van der Waals surface area (Å²) in [5, 5.41) is 0. The summed E-state index contributed by atoms with van der Waals surface area (Å²) in [5.41, 5.74) is 3.75. The van der Waals surface area contributed by atoms with Crippen molar-refractivity contribution < 1.29 is 17.9 Å². The van der Waals surface area contributed by atoms with Crippen molar-refractivity contribution in [3.8, 4) is 0 Å². The van der Waals surface area contributed by atoms with Gasteiger partial charge in [0.05, 0.1) is 19.0 Å². The molecule has 1 fully saturated rings. The molecule has 1 aromatic carbocycles. The fourth-order valence-electron chi connectivity index (χ4n) is 3.48. The van der Waals surface area contributed by atoms with Crippen molar-refractivity contribution in [2.75, 3.05) is 38.6 Å². The van der Waals surface area contributed by atoms with Gasteiger partial charge < -0.3 is 9.64 Å². The van der Waals surface area contributed by atoms with Crippen molar-refractivity contribution in [1.29, 1.82) is 0 Å². The van der Waals surface area contributed by atoms with Crippen LogP contribution in [0.2, 0.25) is 0 Å². The number of hydrogen-bond donors (Lipinski definition) is 0. The van der Waals surface area contributed by atoms with Gasteiger partial charge in [-0.15, -0.1) is 0 Å². The van der Waals surface area contributed by atoms with Crippen LogP contribution in [0.5, 0.6) is 0 Å². The molecule has 6 nitrogen and oxygen atoms in total. The van der Waals surface area contributed by atoms with Crippen LogP contribution in [0.3, 0.4) is 0 Å². The Bertz CT molecular complexity index is 755. The van der Waals surface area contributed by atoms with Gasteiger partial charge in [-0.3, -0.25) is 4.79 Å². The number of sulfonamides is 1. The number of rotatable bonds is 5. The predicted molar refractivity (Wildman–Crippen MR) is 100 cm³/mol. The molecule has 26 heavy (non-hydrogen) atoms. The molecule has 0 unspecified atom stereocenters. The number of ether oxygens (including phenoxy) is 1. The lowest BCUT2D eigenvalue weighted by Crippen LogP contribution is -2.43. The van der Waals surface area contributed by atoms with Gasteiger partial charge in [0.2, 0.25) is 15.9 Å². The highest BCUT2D eigenvalue weighted by Crippen LogP contribution is 2.24. The number of morpholine rings is 1. The zero-order chi connectivity index (χ0) is 18.7. The summed E-state index contributed by atoms with van der Waals surface area (Å²) in [7, 11) is -3.39. The quantitative estimate of drug-likeness (QED) is 0.781. The number of fused-ring (bicyclic) bond motifs is 1. The largest absolute Gasteiger partial charge is 0.379 e. The highest BCUT2D eigenvalue weighted by atomic mass is 32.2. The van der Waals surface area contributed by atoms with Crippen LogP contribution in [0.15, 0.2) is 18.2 Å². The molecular formula is C19H28N2O4S. The minimum Gasteiger partial charge on any atom is -0.379 e. The lowest BCUT2D eigenvalue weighted by molar-refractivity contribution is -0.131. The van der Waals surface area contributed by atoms with E-state index < -0.39 is 10.0 Å². The van der Waals surface area contributed by atoms with Crippen LogP contribution in [0.4, 0.5) is 0 Å². The van der Waals surface area contributed by atoms with Crippen molar-refractivity contribution in [2.24, 2.45) is 0 Å². The second kappa shape index (κ2) is 8.06. The van der Waals surface area contributed by atoms with Crippen LogP contribution >= 0.6 is 0 Å². The van der Waals surface area contributed by atoms with Crippen molar-refractivity contribution in [3.05, 3.63) is 34.9 Å². The highest BCUT2D eigenvalue weighted by Gasteiger charge is 2.27. The van der Waals surface area contributed by atoms with Gasteiger partial charge in [-0.25, -0.2) is 8.42 Å². The molecule has 0 aliphatic carbocycles. The fraction of sp³-hybridized carbons (Fsp3) is 0.632. The standard InChI is InChI=1S/C19H28N2O4S/c1-15(2)17-4-3-16-5-7-20(14-18(16)13-17)19(22)6-12-26(23,24)21-8-10-25-11-9-21/h3-4,13,15H,5-12,14H2,1-2H3. The van der Waals surface area contributed by atoms with Gasteiger partial charge in [0.1, 0.15) is 0 Å². The fourth-order valence-corrected chi connectivity index (χ4v) is 4.87. The van der Waals surface area contributed by atoms with E-state index in [1.165, 1.54) is 21.0 Å². The van der Waals surface area contributed by atoms with E-state index in [0.717, 1.165) is 6.42 Å². The topological polar surface area (TPSA) is 66.9 Å². The molecule has 144 valence electrons. The monoisotopic (exact) mass is 380 g/mol. The first-order valence-corrected chi connectivity index (χ1v) is 10.9. The van der Waals surface area contributed by atoms with E-state index in [0.29, 0.717) is 45.3 Å². The molecule has 0 N–H and O–H groups in total. The Labute approximate surface area is 156 Å². The zero-order valence-electron chi connectivity index (χ0n) is 15.6. The Hall–Kier alpha value is -1.44. The van der Waals surface area contributed by atoms with Crippen molar-refractivity contribution in [1.82, 2.24) is 9.21 Å². The van der Waals surface area contributed by atoms with Gasteiger partial charge in [0.25, 0.3) is 0 Å². The Morgan fingerprint density at radius 3 is 2.58 bits per heavy atom. The van der Waals surface area contributed by atoms with Crippen LogP contribution in [-0.2, 0) is 32.5 Å². The van der Waals surface area contributed by atoms with Crippen LogP contribution < -0.4 is 0 Å². The summed E-state index contributed by atoms with van der Waals surface area (Å²) >= 11 is 0. The molecule has 0 aromatic heterocycles. The number of amides is 1. The van der Waals surface area contributed by atoms with Gasteiger partial charge >= 0.3 is 0 Å². The van der Waals surface area contributed by atoms with Gasteiger partial charge in [0.15, 0.2) is 0 Å². The Morgan fingerprint density at radius 2 is 1.88 bits per heavy atom. The Kier molecular flexibility index (Phi) is 5.99. The maximum absolute atomic E-state index is 12.6. The van der Waals surface area contributed by atoms with Crippen LogP contribution in [-0.4, -0.2) is 62.1 Å². The number of hydrogen-bond acceptors (Lipinski definition) is 4. The number of nitrogens with zero attached hydrogens (tertiary/aromatic N) is 2. The minimum atomic E-state index is -3.39. The first-order chi connectivity index (χ1) is 12.4. The third-order valence-electron chi connectivity index (χ3n) is 5.20. The third-order valence-corrected chi connectivity index (χ3v) is 7.07. The molecule has 0 saturated carbocycles. The summed E-state index contributed by atoms with van der Waals surface area (Å²) in [6.45, 7) is 7.16. The van der Waals surface area contributed by atoms with Gasteiger partial charge in [-0.05, 0) is 29.0 Å². The molecule has 3 rings (SSSR count). The maximum atomic E-state index is 12.6. The average Bonchev–Trinajstić information content (AvgIpc) is 2.66. The van der Waals surface area contributed by atoms with E-state index in [4.69, 9.17) is 4.74 Å². The molecule has 1 aromatic rings. The van der Waals surface area contributed by atoms with Crippen LogP contribution in [0.25, 0.3) is 0 Å². The first kappa shape index (κ1) is 19.3. The van der Waals surface area contributed by atoms with E-state index in [9.17, 15) is 13.2 Å². The van der Waals surface area contributed by atoms with E-state index in [2.05, 4.69) is 32.0 Å². The Balaban J connectivity index is 1.60. The van der Waals surface area contributed by atoms with Crippen molar-refractivity contribution >= 4 is 15.9 Å². The van der Waals surface area contributed by atoms with Gasteiger partial charge in [0, 0.05) is 32.6 Å². The molecule has 2 heterocycles. The van der Waals surface area contributed by atoms with Crippen molar-refractivity contribution in [3.63, 3.8) is 0 Å². The molecule has 1 amide bonds. The van der Waals surface area contributed by atoms with E-state index in [-0.39, 0.29) is 18.1 Å². The third kappa shape index (κ3) is 4.45. The first-order valence-electron chi connectivity index (χ1n) is 9.32. The molecule has 0 radical (unpaired) electrons. The Morgan fingerprint density at radius 1 is 1.15 bits per heavy atom. The molecule has 1 saturated heterocycles. The molecule has 0 atom stereocenters. The maximum Gasteiger partial charge on any atom is 0.223 e. The van der Waals surface area contributed by atoms with Crippen LogP contribution in [0, 0.1) is 0 Å². The molecule has 7 heteroatoms. The second-order valence-corrected chi connectivity index (χ2v) is 9.41. The minimum absolute atomic E-state index is 0.0406. The SMILES string of the molecule is CC(C)c1ccc2c(c1)CN(C(=O)CCS(=O)(=O)N1CCOCC1)CC2. The lowest BCUT2D eigenvalue weighted by Gasteiger charge is -2.30. The summed E-state index contributed by atoms with van der Waals surface area (Å²) < 4.78 is 31.4. The number of benzene rings is 1. The predicted octanol–water partition coefficient (Wildman–Crippen LogP) is 1.75. The van der Waals surface area contributed by atoms with Gasteiger partial charge in [-0.1, -0.05) is 32.0 Å². The van der Waals surface area contributed by atoms with E-state index in [1.807, 2.05) is 0 Å². The normalized spacial score (nSPS) is 18.8. The second-order valence-electron chi connectivity index (χ2n) is 7.33. The number of carbonyl (C=O) groups is 1. The summed E-state index contributed by atoms with van der Waals surface area (Å²) in [5.74, 6) is 0.244. The lowest BCUT2D eigenvalue weighted by atomic mass is 9.93. The van der Waals surface area contributed by atoms with Crippen molar-refractivity contribution in [2.45, 2.75) is 39.2 Å². The van der Waals surface area contributed by atoms with Gasteiger partial charge in [-0.2, -0.15) is 4.31 Å². The summed E-state index contributed by atoms with van der Waals surface area (Å²) in [6, 6.07) is 6.51. The number of carbonyl (C=O) groups excluding carboxylic acids is 1. The molecule has 2 aliphatic rings. The molecule has 2 aliphatic heterocycles. The molecular weight excluding hydrogens is 352 g/mol. The summed E-state index contributed by atoms with van der Waals surface area (Å²) in [4.78, 5) is 14.4. The molecule has 0 spiro atoms. The zero-order valence-corrected chi connectivity index (χ0v) is 16.4. The van der Waals surface area contributed by atoms with E-state index in [1.54, 1.807) is 4.90 Å². The highest BCUT2D eigenvalue weighted by molar-refractivity contribution is 7.89. The molecule has 0 bridgehead atoms.